The normalized spacial score (nSPS) is 16.8. The number of ether oxygens (including phenoxy) is 2. The lowest BCUT2D eigenvalue weighted by Gasteiger charge is -2.27. The fourth-order valence-electron chi connectivity index (χ4n) is 5.03. The van der Waals surface area contributed by atoms with Crippen molar-refractivity contribution in [3.8, 4) is 5.75 Å². The molecule has 6 nitrogen and oxygen atoms in total. The molecule has 1 N–H and O–H groups in total. The number of rotatable bonds is 10. The van der Waals surface area contributed by atoms with E-state index in [0.29, 0.717) is 56.4 Å². The Hall–Kier alpha value is -2.70. The predicted molar refractivity (Wildman–Crippen MR) is 130 cm³/mol. The van der Waals surface area contributed by atoms with Crippen LogP contribution in [0.15, 0.2) is 42.5 Å². The molecule has 6 heteroatoms. The Bertz CT molecular complexity index is 973. The van der Waals surface area contributed by atoms with Gasteiger partial charge in [-0.2, -0.15) is 0 Å². The van der Waals surface area contributed by atoms with Crippen LogP contribution in [0.5, 0.6) is 5.75 Å². The molecule has 1 amide bonds. The number of amides is 1. The fraction of sp³-hybridized carbons (Fsp3) is 0.500. The largest absolute Gasteiger partial charge is 0.496 e. The van der Waals surface area contributed by atoms with Crippen LogP contribution in [0.1, 0.15) is 52.7 Å². The monoisotopic (exact) mass is 465 g/mol. The average molecular weight is 466 g/mol. The second-order valence-electron chi connectivity index (χ2n) is 9.44. The number of hydrogen-bond acceptors (Lipinski definition) is 5. The van der Waals surface area contributed by atoms with Crippen LogP contribution < -0.4 is 4.74 Å². The molecule has 1 heterocycles. The summed E-state index contributed by atoms with van der Waals surface area (Å²) < 4.78 is 10.8. The molecular weight excluding hydrogens is 430 g/mol. The summed E-state index contributed by atoms with van der Waals surface area (Å²) in [6, 6.07) is 13.9. The molecule has 182 valence electrons. The van der Waals surface area contributed by atoms with Gasteiger partial charge in [-0.15, -0.1) is 0 Å². The van der Waals surface area contributed by atoms with Gasteiger partial charge < -0.3 is 19.5 Å². The van der Waals surface area contributed by atoms with Crippen molar-refractivity contribution in [2.45, 2.75) is 51.0 Å². The number of carbonyl (C=O) groups excluding carboxylic acids is 2. The third-order valence-electron chi connectivity index (χ3n) is 7.03. The predicted octanol–water partition coefficient (Wildman–Crippen LogP) is 3.62. The number of morpholine rings is 1. The quantitative estimate of drug-likeness (QED) is 0.543. The van der Waals surface area contributed by atoms with Crippen molar-refractivity contribution < 1.29 is 24.2 Å². The summed E-state index contributed by atoms with van der Waals surface area (Å²) in [6.07, 6.45) is 4.36. The molecule has 0 aromatic heterocycles. The lowest BCUT2D eigenvalue weighted by atomic mass is 9.95. The first-order chi connectivity index (χ1) is 16.5. The topological polar surface area (TPSA) is 76.1 Å². The molecule has 1 aliphatic heterocycles. The second-order valence-corrected chi connectivity index (χ2v) is 9.44. The van der Waals surface area contributed by atoms with Gasteiger partial charge in [0, 0.05) is 19.5 Å². The SMILES string of the molecule is COc1cc(CC(=O)N2CCOCC2)ccc1C(=O)CC[C@@H](O)CCC1Cc2ccccc2C1. The minimum atomic E-state index is -0.482. The minimum Gasteiger partial charge on any atom is -0.496 e. The molecule has 0 bridgehead atoms. The maximum Gasteiger partial charge on any atom is 0.227 e. The molecule has 2 aromatic rings. The van der Waals surface area contributed by atoms with Gasteiger partial charge in [-0.3, -0.25) is 9.59 Å². The number of fused-ring (bicyclic) bond motifs is 1. The average Bonchev–Trinajstić information content (AvgIpc) is 3.29. The van der Waals surface area contributed by atoms with Gasteiger partial charge in [0.1, 0.15) is 5.75 Å². The van der Waals surface area contributed by atoms with Gasteiger partial charge in [-0.25, -0.2) is 0 Å². The summed E-state index contributed by atoms with van der Waals surface area (Å²) >= 11 is 0. The van der Waals surface area contributed by atoms with Crippen LogP contribution in [0.3, 0.4) is 0 Å². The summed E-state index contributed by atoms with van der Waals surface area (Å²) in [7, 11) is 1.54. The van der Waals surface area contributed by atoms with Crippen molar-refractivity contribution in [3.63, 3.8) is 0 Å². The van der Waals surface area contributed by atoms with Gasteiger partial charge in [0.15, 0.2) is 5.78 Å². The van der Waals surface area contributed by atoms with Crippen LogP contribution >= 0.6 is 0 Å². The van der Waals surface area contributed by atoms with E-state index in [4.69, 9.17) is 9.47 Å². The highest BCUT2D eigenvalue weighted by Gasteiger charge is 2.23. The van der Waals surface area contributed by atoms with Gasteiger partial charge in [0.05, 0.1) is 38.4 Å². The van der Waals surface area contributed by atoms with Crippen molar-refractivity contribution >= 4 is 11.7 Å². The summed E-state index contributed by atoms with van der Waals surface area (Å²) in [4.78, 5) is 27.2. The van der Waals surface area contributed by atoms with Gasteiger partial charge in [-0.1, -0.05) is 30.3 Å². The van der Waals surface area contributed by atoms with Crippen LogP contribution in [0.4, 0.5) is 0 Å². The number of benzene rings is 2. The highest BCUT2D eigenvalue weighted by atomic mass is 16.5. The third-order valence-corrected chi connectivity index (χ3v) is 7.03. The van der Waals surface area contributed by atoms with E-state index in [2.05, 4.69) is 24.3 Å². The zero-order valence-corrected chi connectivity index (χ0v) is 20.0. The molecule has 0 radical (unpaired) electrons. The van der Waals surface area contributed by atoms with E-state index in [1.165, 1.54) is 18.2 Å². The molecule has 1 aliphatic carbocycles. The number of aliphatic hydroxyl groups excluding tert-OH is 1. The summed E-state index contributed by atoms with van der Waals surface area (Å²) in [6.45, 7) is 2.37. The van der Waals surface area contributed by atoms with Crippen molar-refractivity contribution in [2.24, 2.45) is 5.92 Å². The molecule has 1 saturated heterocycles. The number of hydrogen-bond donors (Lipinski definition) is 1. The number of aliphatic hydroxyl groups is 1. The Morgan fingerprint density at radius 2 is 1.79 bits per heavy atom. The Morgan fingerprint density at radius 3 is 2.47 bits per heavy atom. The van der Waals surface area contributed by atoms with Gasteiger partial charge in [0.2, 0.25) is 5.91 Å². The van der Waals surface area contributed by atoms with Crippen molar-refractivity contribution in [1.82, 2.24) is 4.90 Å². The molecule has 1 atom stereocenters. The Balaban J connectivity index is 1.24. The van der Waals surface area contributed by atoms with E-state index >= 15 is 0 Å². The standard InChI is InChI=1S/C28H35NO5/c1-33-27-18-21(19-28(32)29-12-14-34-15-13-29)7-10-25(27)26(31)11-9-24(30)8-6-20-16-22-4-2-3-5-23(22)17-20/h2-5,7,10,18,20,24,30H,6,8-9,11-17,19H2,1H3/t24-/m0/s1. The Labute approximate surface area is 201 Å². The van der Waals surface area contributed by atoms with Crippen LogP contribution in [0.25, 0.3) is 0 Å². The zero-order valence-electron chi connectivity index (χ0n) is 20.0. The maximum absolute atomic E-state index is 12.8. The van der Waals surface area contributed by atoms with Crippen LogP contribution in [-0.4, -0.2) is 61.2 Å². The van der Waals surface area contributed by atoms with Gasteiger partial charge >= 0.3 is 0 Å². The number of ketones is 1. The van der Waals surface area contributed by atoms with Crippen molar-refractivity contribution in [3.05, 3.63) is 64.7 Å². The summed E-state index contributed by atoms with van der Waals surface area (Å²) in [5, 5.41) is 10.5. The fourth-order valence-corrected chi connectivity index (χ4v) is 5.03. The molecule has 1 fully saturated rings. The minimum absolute atomic E-state index is 0.0461. The molecule has 0 unspecified atom stereocenters. The molecule has 0 saturated carbocycles. The lowest BCUT2D eigenvalue weighted by molar-refractivity contribution is -0.134. The number of carbonyl (C=O) groups is 2. The first kappa shape index (κ1) is 24.4. The van der Waals surface area contributed by atoms with Crippen LogP contribution in [0, 0.1) is 5.92 Å². The smallest absolute Gasteiger partial charge is 0.227 e. The van der Waals surface area contributed by atoms with Gasteiger partial charge in [-0.05, 0) is 66.8 Å². The first-order valence-corrected chi connectivity index (χ1v) is 12.3. The van der Waals surface area contributed by atoms with E-state index < -0.39 is 6.10 Å². The van der Waals surface area contributed by atoms with Crippen molar-refractivity contribution in [2.75, 3.05) is 33.4 Å². The van der Waals surface area contributed by atoms with E-state index in [1.54, 1.807) is 17.0 Å². The Kier molecular flexibility index (Phi) is 8.35. The second kappa shape index (κ2) is 11.6. The molecule has 2 aliphatic rings. The third kappa shape index (κ3) is 6.24. The maximum atomic E-state index is 12.8. The molecule has 0 spiro atoms. The van der Waals surface area contributed by atoms with E-state index in [9.17, 15) is 14.7 Å². The number of methoxy groups -OCH3 is 1. The summed E-state index contributed by atoms with van der Waals surface area (Å²) in [5.74, 6) is 1.07. The number of Topliss-reactive ketones (excluding diaryl/α,β-unsaturated/α-hetero) is 1. The van der Waals surface area contributed by atoms with Gasteiger partial charge in [0.25, 0.3) is 0 Å². The highest BCUT2D eigenvalue weighted by molar-refractivity contribution is 5.98. The highest BCUT2D eigenvalue weighted by Crippen LogP contribution is 2.30. The first-order valence-electron chi connectivity index (χ1n) is 12.3. The Morgan fingerprint density at radius 1 is 1.09 bits per heavy atom. The zero-order chi connectivity index (χ0) is 23.9. The van der Waals surface area contributed by atoms with Crippen LogP contribution in [-0.2, 0) is 28.8 Å². The van der Waals surface area contributed by atoms with E-state index in [1.807, 2.05) is 6.07 Å². The lowest BCUT2D eigenvalue weighted by Crippen LogP contribution is -2.41. The van der Waals surface area contributed by atoms with E-state index in [0.717, 1.165) is 24.8 Å². The summed E-state index contributed by atoms with van der Waals surface area (Å²) in [5.41, 5.74) is 4.18. The van der Waals surface area contributed by atoms with E-state index in [-0.39, 0.29) is 24.5 Å². The molecule has 2 aromatic carbocycles. The van der Waals surface area contributed by atoms with Crippen LogP contribution in [0.2, 0.25) is 0 Å². The molecule has 34 heavy (non-hydrogen) atoms. The molecule has 4 rings (SSSR count). The number of nitrogens with zero attached hydrogens (tertiary/aromatic N) is 1. The molecular formula is C28H35NO5. The van der Waals surface area contributed by atoms with Crippen molar-refractivity contribution in [1.29, 1.82) is 0 Å².